The smallest absolute Gasteiger partial charge is 0.251 e. The van der Waals surface area contributed by atoms with Crippen LogP contribution in [0, 0.1) is 11.8 Å². The number of rotatable bonds is 5. The van der Waals surface area contributed by atoms with E-state index in [9.17, 15) is 13.2 Å². The van der Waals surface area contributed by atoms with Crippen molar-refractivity contribution in [2.45, 2.75) is 51.5 Å². The Morgan fingerprint density at radius 1 is 1.21 bits per heavy atom. The molecular formula is C18H28N2O3S. The van der Waals surface area contributed by atoms with Crippen LogP contribution in [0.1, 0.15) is 50.9 Å². The largest absolute Gasteiger partial charge is 0.349 e. The molecule has 24 heavy (non-hydrogen) atoms. The van der Waals surface area contributed by atoms with Crippen LogP contribution in [-0.4, -0.2) is 37.8 Å². The number of benzene rings is 1. The fourth-order valence-corrected chi connectivity index (χ4v) is 4.15. The molecule has 0 spiro atoms. The zero-order valence-electron chi connectivity index (χ0n) is 15.0. The van der Waals surface area contributed by atoms with E-state index < -0.39 is 10.0 Å². The Balaban J connectivity index is 2.19. The predicted molar refractivity (Wildman–Crippen MR) is 95.4 cm³/mol. The van der Waals surface area contributed by atoms with Crippen molar-refractivity contribution in [3.05, 3.63) is 29.8 Å². The molecule has 6 heteroatoms. The topological polar surface area (TPSA) is 66.5 Å². The second kappa shape index (κ2) is 7.66. The first-order chi connectivity index (χ1) is 11.2. The molecule has 5 nitrogen and oxygen atoms in total. The van der Waals surface area contributed by atoms with E-state index in [2.05, 4.69) is 12.2 Å². The predicted octanol–water partition coefficient (Wildman–Crippen LogP) is 2.88. The standard InChI is InChI=1S/C18H28N2O3S/c1-13(2)15(4)19-18(21)16-6-5-7-17(12-16)24(22,23)20-10-8-14(3)9-11-20/h5-7,12-15H,8-11H2,1-4H3,(H,19,21). The van der Waals surface area contributed by atoms with E-state index in [1.54, 1.807) is 18.2 Å². The fraction of sp³-hybridized carbons (Fsp3) is 0.611. The molecule has 1 saturated heterocycles. The van der Waals surface area contributed by atoms with Gasteiger partial charge < -0.3 is 5.32 Å². The number of hydrogen-bond donors (Lipinski definition) is 1. The third kappa shape index (κ3) is 4.36. The third-order valence-corrected chi connectivity index (χ3v) is 6.73. The van der Waals surface area contributed by atoms with Gasteiger partial charge in [0.05, 0.1) is 4.90 Å². The first kappa shape index (κ1) is 18.9. The second-order valence-corrected chi connectivity index (χ2v) is 9.06. The molecule has 1 aliphatic rings. The number of hydrogen-bond acceptors (Lipinski definition) is 3. The molecule has 1 N–H and O–H groups in total. The molecule has 1 fully saturated rings. The van der Waals surface area contributed by atoms with Crippen molar-refractivity contribution in [2.24, 2.45) is 11.8 Å². The summed E-state index contributed by atoms with van der Waals surface area (Å²) in [5.41, 5.74) is 0.383. The van der Waals surface area contributed by atoms with Gasteiger partial charge >= 0.3 is 0 Å². The number of amides is 1. The second-order valence-electron chi connectivity index (χ2n) is 7.12. The van der Waals surface area contributed by atoms with E-state index in [4.69, 9.17) is 0 Å². The lowest BCUT2D eigenvalue weighted by Gasteiger charge is -2.29. The number of nitrogens with one attached hydrogen (secondary N) is 1. The number of piperidine rings is 1. The molecule has 1 amide bonds. The van der Waals surface area contributed by atoms with Gasteiger partial charge in [0.2, 0.25) is 10.0 Å². The number of nitrogens with zero attached hydrogens (tertiary/aromatic N) is 1. The highest BCUT2D eigenvalue weighted by Crippen LogP contribution is 2.24. The minimum absolute atomic E-state index is 0.0290. The van der Waals surface area contributed by atoms with Crippen molar-refractivity contribution in [1.82, 2.24) is 9.62 Å². The highest BCUT2D eigenvalue weighted by Gasteiger charge is 2.28. The molecule has 134 valence electrons. The fourth-order valence-electron chi connectivity index (χ4n) is 2.63. The maximum atomic E-state index is 12.8. The molecule has 1 aromatic carbocycles. The minimum atomic E-state index is -3.53. The van der Waals surface area contributed by atoms with Crippen molar-refractivity contribution in [3.8, 4) is 0 Å². The summed E-state index contributed by atoms with van der Waals surface area (Å²) in [7, 11) is -3.53. The minimum Gasteiger partial charge on any atom is -0.349 e. The monoisotopic (exact) mass is 352 g/mol. The van der Waals surface area contributed by atoms with Crippen LogP contribution in [0.4, 0.5) is 0 Å². The summed E-state index contributed by atoms with van der Waals surface area (Å²) in [5, 5.41) is 2.91. The number of carbonyl (C=O) groups excluding carboxylic acids is 1. The molecule has 2 rings (SSSR count). The van der Waals surface area contributed by atoms with Gasteiger partial charge in [-0.15, -0.1) is 0 Å². The Kier molecular flexibility index (Phi) is 6.04. The molecule has 1 aromatic rings. The summed E-state index contributed by atoms with van der Waals surface area (Å²) in [4.78, 5) is 12.5. The molecular weight excluding hydrogens is 324 g/mol. The lowest BCUT2D eigenvalue weighted by atomic mass is 10.0. The molecule has 1 unspecified atom stereocenters. The van der Waals surface area contributed by atoms with Crippen molar-refractivity contribution in [3.63, 3.8) is 0 Å². The zero-order valence-corrected chi connectivity index (χ0v) is 15.8. The van der Waals surface area contributed by atoms with Crippen LogP contribution >= 0.6 is 0 Å². The summed E-state index contributed by atoms with van der Waals surface area (Å²) >= 11 is 0. The van der Waals surface area contributed by atoms with Gasteiger partial charge in [-0.2, -0.15) is 4.31 Å². The van der Waals surface area contributed by atoms with Crippen molar-refractivity contribution in [1.29, 1.82) is 0 Å². The van der Waals surface area contributed by atoms with E-state index >= 15 is 0 Å². The molecule has 0 aromatic heterocycles. The molecule has 0 bridgehead atoms. The van der Waals surface area contributed by atoms with Crippen molar-refractivity contribution in [2.75, 3.05) is 13.1 Å². The van der Waals surface area contributed by atoms with E-state index in [0.717, 1.165) is 12.8 Å². The van der Waals surface area contributed by atoms with E-state index in [1.165, 1.54) is 10.4 Å². The van der Waals surface area contributed by atoms with E-state index in [-0.39, 0.29) is 16.8 Å². The Morgan fingerprint density at radius 2 is 1.83 bits per heavy atom. The van der Waals surface area contributed by atoms with Crippen LogP contribution in [0.5, 0.6) is 0 Å². The number of sulfonamides is 1. The first-order valence-corrected chi connectivity index (χ1v) is 10.1. The van der Waals surface area contributed by atoms with Gasteiger partial charge in [0.25, 0.3) is 5.91 Å². The third-order valence-electron chi connectivity index (χ3n) is 4.84. The van der Waals surface area contributed by atoms with E-state index in [0.29, 0.717) is 30.5 Å². The van der Waals surface area contributed by atoms with Gasteiger partial charge in [-0.05, 0) is 49.8 Å². The highest BCUT2D eigenvalue weighted by molar-refractivity contribution is 7.89. The normalized spacial score (nSPS) is 18.5. The van der Waals surface area contributed by atoms with Crippen LogP contribution in [0.25, 0.3) is 0 Å². The van der Waals surface area contributed by atoms with Crippen molar-refractivity contribution < 1.29 is 13.2 Å². The van der Waals surface area contributed by atoms with Gasteiger partial charge in [0.1, 0.15) is 0 Å². The molecule has 1 aliphatic heterocycles. The van der Waals surface area contributed by atoms with Gasteiger partial charge in [-0.25, -0.2) is 8.42 Å². The van der Waals surface area contributed by atoms with Crippen LogP contribution in [-0.2, 0) is 10.0 Å². The molecule has 1 atom stereocenters. The first-order valence-electron chi connectivity index (χ1n) is 8.63. The Hall–Kier alpha value is -1.40. The maximum Gasteiger partial charge on any atom is 0.251 e. The molecule has 1 heterocycles. The summed E-state index contributed by atoms with van der Waals surface area (Å²) in [5.74, 6) is 0.641. The van der Waals surface area contributed by atoms with Gasteiger partial charge in [-0.1, -0.05) is 26.8 Å². The lowest BCUT2D eigenvalue weighted by Crippen LogP contribution is -2.38. The Bertz CT molecular complexity index is 677. The van der Waals surface area contributed by atoms with Gasteiger partial charge in [0, 0.05) is 24.7 Å². The van der Waals surface area contributed by atoms with Crippen LogP contribution in [0.3, 0.4) is 0 Å². The zero-order chi connectivity index (χ0) is 17.9. The molecule has 0 aliphatic carbocycles. The van der Waals surface area contributed by atoms with Crippen LogP contribution < -0.4 is 5.32 Å². The average Bonchev–Trinajstić information content (AvgIpc) is 2.55. The number of carbonyl (C=O) groups is 1. The van der Waals surface area contributed by atoms with Gasteiger partial charge in [-0.3, -0.25) is 4.79 Å². The van der Waals surface area contributed by atoms with Crippen molar-refractivity contribution >= 4 is 15.9 Å². The summed E-state index contributed by atoms with van der Waals surface area (Å²) in [6.07, 6.45) is 1.76. The average molecular weight is 353 g/mol. The van der Waals surface area contributed by atoms with Gasteiger partial charge in [0.15, 0.2) is 0 Å². The van der Waals surface area contributed by atoms with Crippen LogP contribution in [0.15, 0.2) is 29.2 Å². The van der Waals surface area contributed by atoms with E-state index in [1.807, 2.05) is 20.8 Å². The maximum absolute atomic E-state index is 12.8. The summed E-state index contributed by atoms with van der Waals surface area (Å²) in [6.45, 7) is 9.24. The Morgan fingerprint density at radius 3 is 2.42 bits per heavy atom. The summed E-state index contributed by atoms with van der Waals surface area (Å²) < 4.78 is 27.1. The quantitative estimate of drug-likeness (QED) is 0.886. The lowest BCUT2D eigenvalue weighted by molar-refractivity contribution is 0.0930. The molecule has 0 saturated carbocycles. The molecule has 0 radical (unpaired) electrons. The SMILES string of the molecule is CC1CCN(S(=O)(=O)c2cccc(C(=O)NC(C)C(C)C)c2)CC1. The summed E-state index contributed by atoms with van der Waals surface area (Å²) in [6, 6.07) is 6.36. The van der Waals surface area contributed by atoms with Crippen LogP contribution in [0.2, 0.25) is 0 Å². The Labute approximate surface area is 145 Å². The highest BCUT2D eigenvalue weighted by atomic mass is 32.2.